The number of aromatic nitrogens is 3. The summed E-state index contributed by atoms with van der Waals surface area (Å²) < 4.78 is 2.13. The van der Waals surface area contributed by atoms with E-state index in [-0.39, 0.29) is 5.41 Å². The molecule has 2 aromatic rings. The second-order valence-electron chi connectivity index (χ2n) is 5.21. The highest BCUT2D eigenvalue weighted by molar-refractivity contribution is 5.39. The second kappa shape index (κ2) is 3.33. The minimum Gasteiger partial charge on any atom is -0.284 e. The Morgan fingerprint density at radius 1 is 1.20 bits per heavy atom. The Bertz CT molecular complexity index is 477. The number of aryl methyl sites for hydroxylation is 1. The zero-order valence-corrected chi connectivity index (χ0v) is 9.78. The molecule has 0 atom stereocenters. The molecule has 0 unspecified atom stereocenters. The van der Waals surface area contributed by atoms with Crippen molar-refractivity contribution < 1.29 is 0 Å². The van der Waals surface area contributed by atoms with E-state index in [0.717, 1.165) is 17.9 Å². The molecule has 0 aliphatic heterocycles. The van der Waals surface area contributed by atoms with Crippen LogP contribution in [0.15, 0.2) is 18.2 Å². The van der Waals surface area contributed by atoms with Crippen LogP contribution in [0, 0.1) is 12.3 Å². The van der Waals surface area contributed by atoms with Crippen LogP contribution >= 0.6 is 0 Å². The molecule has 0 saturated heterocycles. The summed E-state index contributed by atoms with van der Waals surface area (Å²) in [6, 6.07) is 6.09. The van der Waals surface area contributed by atoms with Crippen molar-refractivity contribution in [3.8, 4) is 0 Å². The predicted molar refractivity (Wildman–Crippen MR) is 60.9 cm³/mol. The van der Waals surface area contributed by atoms with E-state index in [4.69, 9.17) is 0 Å². The first-order chi connectivity index (χ1) is 6.97. The summed E-state index contributed by atoms with van der Waals surface area (Å²) in [6.45, 7) is 8.73. The van der Waals surface area contributed by atoms with Crippen LogP contribution in [-0.4, -0.2) is 14.6 Å². The smallest absolute Gasteiger partial charge is 0.160 e. The van der Waals surface area contributed by atoms with Gasteiger partial charge in [-0.1, -0.05) is 26.8 Å². The maximum atomic E-state index is 4.25. The van der Waals surface area contributed by atoms with Gasteiger partial charge >= 0.3 is 0 Å². The zero-order chi connectivity index (χ0) is 11.1. The highest BCUT2D eigenvalue weighted by Crippen LogP contribution is 2.20. The van der Waals surface area contributed by atoms with E-state index in [1.165, 1.54) is 5.69 Å². The molecule has 0 bridgehead atoms. The average Bonchev–Trinajstić information content (AvgIpc) is 2.47. The van der Waals surface area contributed by atoms with Crippen LogP contribution in [0.3, 0.4) is 0 Å². The summed E-state index contributed by atoms with van der Waals surface area (Å²) in [5, 5.41) is 8.43. The van der Waals surface area contributed by atoms with E-state index in [9.17, 15) is 0 Å². The Morgan fingerprint density at radius 2 is 1.93 bits per heavy atom. The van der Waals surface area contributed by atoms with Crippen LogP contribution in [0.1, 0.15) is 32.3 Å². The molecule has 0 spiro atoms. The van der Waals surface area contributed by atoms with Crippen molar-refractivity contribution in [3.05, 3.63) is 29.7 Å². The number of pyridine rings is 1. The van der Waals surface area contributed by atoms with Gasteiger partial charge in [0, 0.05) is 12.1 Å². The van der Waals surface area contributed by atoms with Gasteiger partial charge in [0.05, 0.1) is 0 Å². The first-order valence-corrected chi connectivity index (χ1v) is 5.27. The molecule has 80 valence electrons. The highest BCUT2D eigenvalue weighted by Gasteiger charge is 2.16. The van der Waals surface area contributed by atoms with Crippen LogP contribution in [-0.2, 0) is 6.42 Å². The molecule has 15 heavy (non-hydrogen) atoms. The number of nitrogens with zero attached hydrogens (tertiary/aromatic N) is 3. The van der Waals surface area contributed by atoms with Crippen LogP contribution in [0.2, 0.25) is 0 Å². The minimum atomic E-state index is 0.241. The number of rotatable bonds is 1. The van der Waals surface area contributed by atoms with Gasteiger partial charge in [-0.2, -0.15) is 0 Å². The molecule has 0 fully saturated rings. The van der Waals surface area contributed by atoms with Crippen molar-refractivity contribution >= 4 is 5.65 Å². The third-order valence-corrected chi connectivity index (χ3v) is 2.38. The largest absolute Gasteiger partial charge is 0.284 e. The summed E-state index contributed by atoms with van der Waals surface area (Å²) in [5.41, 5.74) is 2.37. The Labute approximate surface area is 90.1 Å². The molecule has 0 aliphatic carbocycles. The SMILES string of the molecule is Cc1cccc2nnc(CC(C)(C)C)n12. The van der Waals surface area contributed by atoms with Crippen molar-refractivity contribution in [2.24, 2.45) is 5.41 Å². The highest BCUT2D eigenvalue weighted by atomic mass is 15.2. The lowest BCUT2D eigenvalue weighted by molar-refractivity contribution is 0.398. The predicted octanol–water partition coefficient (Wildman–Crippen LogP) is 2.63. The van der Waals surface area contributed by atoms with Crippen molar-refractivity contribution in [1.82, 2.24) is 14.6 Å². The van der Waals surface area contributed by atoms with Gasteiger partial charge in [-0.25, -0.2) is 0 Å². The fraction of sp³-hybridized carbons (Fsp3) is 0.500. The first-order valence-electron chi connectivity index (χ1n) is 5.27. The van der Waals surface area contributed by atoms with Crippen molar-refractivity contribution in [2.75, 3.05) is 0 Å². The summed E-state index contributed by atoms with van der Waals surface area (Å²) in [5.74, 6) is 1.05. The second-order valence-corrected chi connectivity index (χ2v) is 5.21. The van der Waals surface area contributed by atoms with Gasteiger partial charge in [0.15, 0.2) is 5.65 Å². The Morgan fingerprint density at radius 3 is 2.60 bits per heavy atom. The molecule has 0 aromatic carbocycles. The van der Waals surface area contributed by atoms with Crippen molar-refractivity contribution in [2.45, 2.75) is 34.1 Å². The molecular formula is C12H17N3. The molecular weight excluding hydrogens is 186 g/mol. The average molecular weight is 203 g/mol. The molecule has 0 saturated carbocycles. The fourth-order valence-electron chi connectivity index (χ4n) is 1.76. The van der Waals surface area contributed by atoms with Gasteiger partial charge in [0.25, 0.3) is 0 Å². The summed E-state index contributed by atoms with van der Waals surface area (Å²) in [4.78, 5) is 0. The molecule has 2 rings (SSSR count). The van der Waals surface area contributed by atoms with Crippen LogP contribution in [0.25, 0.3) is 5.65 Å². The minimum absolute atomic E-state index is 0.241. The molecule has 3 nitrogen and oxygen atoms in total. The third kappa shape index (κ3) is 2.01. The third-order valence-electron chi connectivity index (χ3n) is 2.38. The molecule has 3 heteroatoms. The summed E-state index contributed by atoms with van der Waals surface area (Å²) in [7, 11) is 0. The van der Waals surface area contributed by atoms with Crippen LogP contribution < -0.4 is 0 Å². The monoisotopic (exact) mass is 203 g/mol. The normalized spacial score (nSPS) is 12.3. The molecule has 2 heterocycles. The van der Waals surface area contributed by atoms with Gasteiger partial charge in [0.2, 0.25) is 0 Å². The van der Waals surface area contributed by atoms with Crippen molar-refractivity contribution in [3.63, 3.8) is 0 Å². The molecule has 2 aromatic heterocycles. The zero-order valence-electron chi connectivity index (χ0n) is 9.78. The van der Waals surface area contributed by atoms with E-state index < -0.39 is 0 Å². The molecule has 0 radical (unpaired) electrons. The first kappa shape index (κ1) is 10.1. The standard InChI is InChI=1S/C12H17N3/c1-9-6-5-7-10-13-14-11(15(9)10)8-12(2,3)4/h5-7H,8H2,1-4H3. The quantitative estimate of drug-likeness (QED) is 0.713. The fourth-order valence-corrected chi connectivity index (χ4v) is 1.76. The Balaban J connectivity index is 2.53. The maximum absolute atomic E-state index is 4.25. The lowest BCUT2D eigenvalue weighted by Gasteiger charge is -2.16. The van der Waals surface area contributed by atoms with Gasteiger partial charge in [-0.15, -0.1) is 10.2 Å². The van der Waals surface area contributed by atoms with E-state index in [2.05, 4.69) is 48.4 Å². The number of hydrogen-bond donors (Lipinski definition) is 0. The number of hydrogen-bond acceptors (Lipinski definition) is 2. The van der Waals surface area contributed by atoms with Gasteiger partial charge in [-0.05, 0) is 24.5 Å². The Hall–Kier alpha value is -1.38. The lowest BCUT2D eigenvalue weighted by atomic mass is 9.92. The van der Waals surface area contributed by atoms with E-state index in [1.807, 2.05) is 12.1 Å². The van der Waals surface area contributed by atoms with Gasteiger partial charge < -0.3 is 0 Å². The van der Waals surface area contributed by atoms with Crippen molar-refractivity contribution in [1.29, 1.82) is 0 Å². The summed E-state index contributed by atoms with van der Waals surface area (Å²) >= 11 is 0. The van der Waals surface area contributed by atoms with Crippen LogP contribution in [0.5, 0.6) is 0 Å². The van der Waals surface area contributed by atoms with Gasteiger partial charge in [-0.3, -0.25) is 4.40 Å². The molecule has 0 aliphatic rings. The maximum Gasteiger partial charge on any atom is 0.160 e. The van der Waals surface area contributed by atoms with Gasteiger partial charge in [0.1, 0.15) is 5.82 Å². The molecule has 0 N–H and O–H groups in total. The Kier molecular flexibility index (Phi) is 2.25. The topological polar surface area (TPSA) is 30.2 Å². The molecule has 0 amide bonds. The summed E-state index contributed by atoms with van der Waals surface area (Å²) in [6.07, 6.45) is 0.943. The van der Waals surface area contributed by atoms with E-state index in [0.29, 0.717) is 0 Å². The van der Waals surface area contributed by atoms with E-state index in [1.54, 1.807) is 0 Å². The van der Waals surface area contributed by atoms with E-state index >= 15 is 0 Å². The van der Waals surface area contributed by atoms with Crippen LogP contribution in [0.4, 0.5) is 0 Å². The number of fused-ring (bicyclic) bond motifs is 1. The lowest BCUT2D eigenvalue weighted by Crippen LogP contribution is -2.12.